The predicted molar refractivity (Wildman–Crippen MR) is 85.6 cm³/mol. The highest BCUT2D eigenvalue weighted by Crippen LogP contribution is 2.37. The van der Waals surface area contributed by atoms with Crippen molar-refractivity contribution in [3.05, 3.63) is 0 Å². The van der Waals surface area contributed by atoms with E-state index in [1.165, 1.54) is 18.9 Å². The van der Waals surface area contributed by atoms with Gasteiger partial charge in [0.25, 0.3) is 0 Å². The van der Waals surface area contributed by atoms with E-state index < -0.39 is 7.22 Å². The number of unbranched alkanes of at least 4 members (excludes halogenated alkanes) is 1. The molecule has 0 radical (unpaired) electrons. The van der Waals surface area contributed by atoms with Crippen LogP contribution < -0.4 is 0 Å². The zero-order valence-corrected chi connectivity index (χ0v) is 16.4. The maximum Gasteiger partial charge on any atom is 0.151 e. The van der Waals surface area contributed by atoms with Crippen molar-refractivity contribution in [3.63, 3.8) is 0 Å². The van der Waals surface area contributed by atoms with Crippen LogP contribution in [0.3, 0.4) is 0 Å². The first kappa shape index (κ1) is 17.7. The third-order valence-electron chi connectivity index (χ3n) is 3.36. The van der Waals surface area contributed by atoms with E-state index in [4.69, 9.17) is 9.47 Å². The van der Waals surface area contributed by atoms with Gasteiger partial charge in [-0.2, -0.15) is 11.2 Å². The van der Waals surface area contributed by atoms with Gasteiger partial charge >= 0.3 is 0 Å². The summed E-state index contributed by atoms with van der Waals surface area (Å²) in [5, 5.41) is 0.489. The molecule has 0 N–H and O–H groups in total. The summed E-state index contributed by atoms with van der Waals surface area (Å²) in [5.74, 6) is 0. The standard InChI is InChI=1S/C12H30O2SSi2/c1-7-9-10-17(5,6)15-11(8-2)12(16,13-3)14-4/h11H,7-10H2,1-6,16H3. The summed E-state index contributed by atoms with van der Waals surface area (Å²) in [5.41, 5.74) is -0.310. The first-order chi connectivity index (χ1) is 7.85. The molecule has 0 aromatic rings. The molecule has 0 amide bonds. The van der Waals surface area contributed by atoms with Crippen LogP contribution in [0.1, 0.15) is 33.1 Å². The Morgan fingerprint density at radius 3 is 2.12 bits per heavy atom. The zero-order valence-electron chi connectivity index (χ0n) is 12.6. The lowest BCUT2D eigenvalue weighted by atomic mass is 10.3. The quantitative estimate of drug-likeness (QED) is 0.481. The van der Waals surface area contributed by atoms with E-state index >= 15 is 0 Å². The third kappa shape index (κ3) is 5.92. The van der Waals surface area contributed by atoms with Gasteiger partial charge in [-0.25, -0.2) is 0 Å². The van der Waals surface area contributed by atoms with E-state index in [2.05, 4.69) is 38.2 Å². The molecular weight excluding hydrogens is 264 g/mol. The van der Waals surface area contributed by atoms with Gasteiger partial charge in [0.2, 0.25) is 0 Å². The molecule has 1 atom stereocenters. The molecular formula is C12H30O2SSi2. The molecule has 0 saturated carbocycles. The van der Waals surface area contributed by atoms with Crippen molar-refractivity contribution in [1.29, 1.82) is 0 Å². The van der Waals surface area contributed by atoms with Gasteiger partial charge in [-0.3, -0.25) is 0 Å². The Bertz CT molecular complexity index is 209. The number of ether oxygens (including phenoxy) is 2. The molecule has 5 heteroatoms. The van der Waals surface area contributed by atoms with E-state index in [0.717, 1.165) is 16.7 Å². The van der Waals surface area contributed by atoms with Crippen LogP contribution in [0, 0.1) is 0 Å². The molecule has 0 spiro atoms. The van der Waals surface area contributed by atoms with E-state index in [1.807, 2.05) is 0 Å². The van der Waals surface area contributed by atoms with Crippen molar-refractivity contribution < 1.29 is 9.47 Å². The van der Waals surface area contributed by atoms with Gasteiger partial charge in [-0.05, 0) is 12.5 Å². The molecule has 17 heavy (non-hydrogen) atoms. The van der Waals surface area contributed by atoms with E-state index in [0.29, 0.717) is 5.25 Å². The summed E-state index contributed by atoms with van der Waals surface area (Å²) in [4.78, 5) is 0. The summed E-state index contributed by atoms with van der Waals surface area (Å²) in [6.07, 6.45) is 3.78. The van der Waals surface area contributed by atoms with Crippen LogP contribution >= 0.6 is 11.2 Å². The lowest BCUT2D eigenvalue weighted by Crippen LogP contribution is -2.47. The summed E-state index contributed by atoms with van der Waals surface area (Å²) in [6.45, 7) is 9.47. The Labute approximate surface area is 115 Å². The molecule has 0 rings (SSSR count). The normalized spacial score (nSPS) is 15.2. The molecule has 0 aliphatic rings. The van der Waals surface area contributed by atoms with E-state index in [9.17, 15) is 0 Å². The summed E-state index contributed by atoms with van der Waals surface area (Å²) < 4.78 is 11.3. The van der Waals surface area contributed by atoms with Gasteiger partial charge < -0.3 is 9.47 Å². The minimum atomic E-state index is -1.17. The molecule has 0 bridgehead atoms. The van der Waals surface area contributed by atoms with Crippen molar-refractivity contribution in [3.8, 4) is 0 Å². The fourth-order valence-corrected chi connectivity index (χ4v) is 10.3. The molecule has 1 unspecified atom stereocenters. The summed E-state index contributed by atoms with van der Waals surface area (Å²) in [7, 11) is 3.30. The lowest BCUT2D eigenvalue weighted by Gasteiger charge is -2.38. The maximum absolute atomic E-state index is 5.63. The van der Waals surface area contributed by atoms with Crippen LogP contribution in [0.2, 0.25) is 19.1 Å². The first-order valence-electron chi connectivity index (χ1n) is 6.63. The zero-order chi connectivity index (χ0) is 13.5. The average Bonchev–Trinajstić information content (AvgIpc) is 2.32. The highest BCUT2D eigenvalue weighted by Gasteiger charge is 2.37. The number of rotatable bonds is 9. The molecule has 104 valence electrons. The van der Waals surface area contributed by atoms with Crippen LogP contribution in [0.4, 0.5) is 0 Å². The third-order valence-corrected chi connectivity index (χ3v) is 11.9. The second-order valence-corrected chi connectivity index (χ2v) is 15.5. The minimum Gasteiger partial charge on any atom is -0.357 e. The second kappa shape index (κ2) is 7.99. The monoisotopic (exact) mass is 294 g/mol. The number of methoxy groups -OCH3 is 2. The molecule has 0 aromatic carbocycles. The van der Waals surface area contributed by atoms with Crippen LogP contribution in [0.25, 0.3) is 0 Å². The first-order valence-corrected chi connectivity index (χ1v) is 12.4. The molecule has 0 aliphatic carbocycles. The molecule has 2 nitrogen and oxygen atoms in total. The van der Waals surface area contributed by atoms with Gasteiger partial charge in [0.1, 0.15) is 7.22 Å². The van der Waals surface area contributed by atoms with Crippen molar-refractivity contribution in [1.82, 2.24) is 0 Å². The molecule has 0 aliphatic heterocycles. The largest absolute Gasteiger partial charge is 0.357 e. The average molecular weight is 295 g/mol. The lowest BCUT2D eigenvalue weighted by molar-refractivity contribution is -0.141. The second-order valence-electron chi connectivity index (χ2n) is 5.30. The SMILES string of the molecule is CCCC[Si](C)(C)SC(CC)C([SiH3])(OC)OC. The van der Waals surface area contributed by atoms with Crippen LogP contribution in [0.15, 0.2) is 0 Å². The maximum atomic E-state index is 5.63. The Morgan fingerprint density at radius 2 is 1.76 bits per heavy atom. The van der Waals surface area contributed by atoms with Crippen LogP contribution in [-0.4, -0.2) is 42.3 Å². The Kier molecular flexibility index (Phi) is 8.32. The van der Waals surface area contributed by atoms with Gasteiger partial charge in [0.15, 0.2) is 5.41 Å². The highest BCUT2D eigenvalue weighted by molar-refractivity contribution is 8.29. The minimum absolute atomic E-state index is 0.310. The van der Waals surface area contributed by atoms with E-state index in [1.54, 1.807) is 14.2 Å². The number of hydrogen-bond donors (Lipinski definition) is 0. The van der Waals surface area contributed by atoms with Crippen molar-refractivity contribution in [2.45, 2.75) is 62.9 Å². The fourth-order valence-electron chi connectivity index (χ4n) is 1.95. The van der Waals surface area contributed by atoms with Crippen molar-refractivity contribution in [2.75, 3.05) is 14.2 Å². The Hall–Kier alpha value is 0.704. The van der Waals surface area contributed by atoms with Crippen LogP contribution in [-0.2, 0) is 9.47 Å². The number of hydrogen-bond acceptors (Lipinski definition) is 3. The summed E-state index contributed by atoms with van der Waals surface area (Å²) >= 11 is 2.17. The van der Waals surface area contributed by atoms with Crippen molar-refractivity contribution in [2.24, 2.45) is 0 Å². The highest BCUT2D eigenvalue weighted by atomic mass is 32.4. The predicted octanol–water partition coefficient (Wildman–Crippen LogP) is 2.82. The van der Waals surface area contributed by atoms with E-state index in [-0.39, 0.29) is 5.41 Å². The van der Waals surface area contributed by atoms with Gasteiger partial charge in [-0.15, -0.1) is 0 Å². The Balaban J connectivity index is 4.57. The molecule has 0 heterocycles. The van der Waals surface area contributed by atoms with Crippen LogP contribution in [0.5, 0.6) is 0 Å². The topological polar surface area (TPSA) is 18.5 Å². The summed E-state index contributed by atoms with van der Waals surface area (Å²) in [6, 6.07) is 1.40. The Morgan fingerprint density at radius 1 is 1.24 bits per heavy atom. The van der Waals surface area contributed by atoms with Crippen molar-refractivity contribution >= 4 is 28.7 Å². The smallest absolute Gasteiger partial charge is 0.151 e. The fraction of sp³-hybridized carbons (Fsp3) is 1.00. The van der Waals surface area contributed by atoms with Gasteiger partial charge in [-0.1, -0.05) is 39.8 Å². The van der Waals surface area contributed by atoms with Gasteiger partial charge in [0, 0.05) is 19.5 Å². The van der Waals surface area contributed by atoms with Gasteiger partial charge in [0.05, 0.1) is 10.2 Å². The molecule has 0 aromatic heterocycles. The molecule has 0 fully saturated rings. The molecule has 0 saturated heterocycles.